The number of hydrogen-bond acceptors (Lipinski definition) is 6. The number of H-pyrrole nitrogens is 1. The van der Waals surface area contributed by atoms with Crippen molar-refractivity contribution in [2.45, 2.75) is 13.5 Å². The van der Waals surface area contributed by atoms with Crippen molar-refractivity contribution in [2.24, 2.45) is 0 Å². The molecule has 2 aromatic carbocycles. The summed E-state index contributed by atoms with van der Waals surface area (Å²) in [5.74, 6) is 0.540. The second-order valence-electron chi connectivity index (χ2n) is 7.38. The number of aromatic amines is 1. The molecule has 0 saturated heterocycles. The van der Waals surface area contributed by atoms with Gasteiger partial charge in [-0.25, -0.2) is 14.6 Å². The second-order valence-corrected chi connectivity index (χ2v) is 7.38. The molecule has 0 aliphatic heterocycles. The lowest BCUT2D eigenvalue weighted by atomic mass is 9.91. The van der Waals surface area contributed by atoms with E-state index in [1.807, 2.05) is 29.3 Å². The van der Waals surface area contributed by atoms with Crippen molar-refractivity contribution in [1.82, 2.24) is 45.0 Å². The molecule has 0 unspecified atom stereocenters. The molecule has 150 valence electrons. The van der Waals surface area contributed by atoms with Gasteiger partial charge in [0, 0.05) is 30.4 Å². The first kappa shape index (κ1) is 17.5. The van der Waals surface area contributed by atoms with Crippen LogP contribution in [0.3, 0.4) is 0 Å². The monoisotopic (exact) mass is 407 g/mol. The average Bonchev–Trinajstić information content (AvgIpc) is 3.55. The lowest BCUT2D eigenvalue weighted by molar-refractivity contribution is 0.685. The third kappa shape index (κ3) is 2.86. The van der Waals surface area contributed by atoms with E-state index in [2.05, 4.69) is 68.1 Å². The molecular formula is C22H17N9. The third-order valence-electron chi connectivity index (χ3n) is 5.55. The molecule has 0 aliphatic rings. The topological polar surface area (TPSA) is 102 Å². The molecule has 0 saturated carbocycles. The van der Waals surface area contributed by atoms with Gasteiger partial charge in [0.15, 0.2) is 11.5 Å². The van der Waals surface area contributed by atoms with Gasteiger partial charge in [-0.3, -0.25) is 4.68 Å². The average molecular weight is 407 g/mol. The molecule has 6 aromatic rings. The van der Waals surface area contributed by atoms with Gasteiger partial charge >= 0.3 is 0 Å². The summed E-state index contributed by atoms with van der Waals surface area (Å²) < 4.78 is 3.70. The SMILES string of the molecule is Cc1c(Cn2cccn2)cc2ccccc2c1-c1cnc2c(-c3nnn[nH]3)cnn2c1. The maximum Gasteiger partial charge on any atom is 0.184 e. The molecule has 0 aliphatic carbocycles. The van der Waals surface area contributed by atoms with Crippen molar-refractivity contribution >= 4 is 16.4 Å². The number of aromatic nitrogens is 9. The molecule has 0 spiro atoms. The van der Waals surface area contributed by atoms with E-state index < -0.39 is 0 Å². The van der Waals surface area contributed by atoms with Crippen LogP contribution in [0.5, 0.6) is 0 Å². The quantitative estimate of drug-likeness (QED) is 0.481. The molecule has 31 heavy (non-hydrogen) atoms. The number of fused-ring (bicyclic) bond motifs is 2. The van der Waals surface area contributed by atoms with Crippen molar-refractivity contribution in [3.05, 3.63) is 78.5 Å². The number of hydrogen-bond donors (Lipinski definition) is 1. The molecule has 1 N–H and O–H groups in total. The predicted molar refractivity (Wildman–Crippen MR) is 115 cm³/mol. The van der Waals surface area contributed by atoms with E-state index >= 15 is 0 Å². The van der Waals surface area contributed by atoms with Crippen molar-refractivity contribution in [3.8, 4) is 22.5 Å². The van der Waals surface area contributed by atoms with Gasteiger partial charge in [0.05, 0.1) is 18.3 Å². The lowest BCUT2D eigenvalue weighted by Crippen LogP contribution is -2.04. The van der Waals surface area contributed by atoms with Crippen LogP contribution in [0.2, 0.25) is 0 Å². The molecular weight excluding hydrogens is 390 g/mol. The zero-order valence-corrected chi connectivity index (χ0v) is 16.6. The van der Waals surface area contributed by atoms with E-state index in [1.165, 1.54) is 21.9 Å². The molecule has 0 atom stereocenters. The van der Waals surface area contributed by atoms with Crippen molar-refractivity contribution in [2.75, 3.05) is 0 Å². The molecule has 4 aromatic heterocycles. The Balaban J connectivity index is 1.55. The zero-order chi connectivity index (χ0) is 20.8. The Morgan fingerprint density at radius 1 is 1.06 bits per heavy atom. The number of benzene rings is 2. The van der Waals surface area contributed by atoms with Gasteiger partial charge < -0.3 is 0 Å². The van der Waals surface area contributed by atoms with Gasteiger partial charge in [-0.1, -0.05) is 24.3 Å². The van der Waals surface area contributed by atoms with Gasteiger partial charge in [-0.05, 0) is 56.9 Å². The molecule has 6 rings (SSSR count). The first-order valence-electron chi connectivity index (χ1n) is 9.84. The van der Waals surface area contributed by atoms with Crippen LogP contribution in [0.4, 0.5) is 0 Å². The van der Waals surface area contributed by atoms with Gasteiger partial charge in [0.25, 0.3) is 0 Å². The Morgan fingerprint density at radius 3 is 2.84 bits per heavy atom. The summed E-state index contributed by atoms with van der Waals surface area (Å²) >= 11 is 0. The minimum atomic E-state index is 0.540. The number of nitrogens with one attached hydrogen (secondary N) is 1. The molecule has 0 radical (unpaired) electrons. The number of rotatable bonds is 4. The first-order chi connectivity index (χ1) is 15.3. The Hall–Kier alpha value is -4.40. The van der Waals surface area contributed by atoms with Gasteiger partial charge in [-0.15, -0.1) is 5.10 Å². The van der Waals surface area contributed by atoms with Crippen LogP contribution in [0.25, 0.3) is 38.9 Å². The smallest absolute Gasteiger partial charge is 0.184 e. The summed E-state index contributed by atoms with van der Waals surface area (Å²) in [4.78, 5) is 4.69. The van der Waals surface area contributed by atoms with Gasteiger partial charge in [0.1, 0.15) is 0 Å². The minimum Gasteiger partial charge on any atom is -0.268 e. The Kier molecular flexibility index (Phi) is 3.85. The second kappa shape index (κ2) is 6.84. The maximum absolute atomic E-state index is 4.69. The van der Waals surface area contributed by atoms with Crippen LogP contribution in [0, 0.1) is 6.92 Å². The highest BCUT2D eigenvalue weighted by atomic mass is 15.5. The normalized spacial score (nSPS) is 11.5. The van der Waals surface area contributed by atoms with E-state index in [9.17, 15) is 0 Å². The van der Waals surface area contributed by atoms with Crippen molar-refractivity contribution in [1.29, 1.82) is 0 Å². The van der Waals surface area contributed by atoms with E-state index in [0.29, 0.717) is 18.0 Å². The van der Waals surface area contributed by atoms with Crippen LogP contribution in [0.1, 0.15) is 11.1 Å². The number of nitrogens with zero attached hydrogens (tertiary/aromatic N) is 8. The molecule has 9 heteroatoms. The Bertz CT molecular complexity index is 1510. The third-order valence-corrected chi connectivity index (χ3v) is 5.55. The Morgan fingerprint density at radius 2 is 2.00 bits per heavy atom. The molecule has 0 amide bonds. The minimum absolute atomic E-state index is 0.540. The lowest BCUT2D eigenvalue weighted by Gasteiger charge is -2.16. The number of tetrazole rings is 1. The summed E-state index contributed by atoms with van der Waals surface area (Å²) in [5.41, 5.74) is 6.00. The summed E-state index contributed by atoms with van der Waals surface area (Å²) in [6.07, 6.45) is 9.38. The maximum atomic E-state index is 4.69. The molecule has 0 fully saturated rings. The Labute approximate surface area is 176 Å². The zero-order valence-electron chi connectivity index (χ0n) is 16.6. The standard InChI is InChI=1S/C22H17N9/c1-14-16(12-30-8-4-7-24-30)9-15-5-2-3-6-18(15)20(14)17-10-23-22-19(11-25-31(22)13-17)21-26-28-29-27-21/h2-11,13H,12H2,1H3,(H,26,27,28,29). The fourth-order valence-electron chi connectivity index (χ4n) is 4.06. The molecule has 4 heterocycles. The van der Waals surface area contributed by atoms with Crippen LogP contribution in [-0.2, 0) is 6.54 Å². The van der Waals surface area contributed by atoms with Crippen molar-refractivity contribution in [3.63, 3.8) is 0 Å². The summed E-state index contributed by atoms with van der Waals surface area (Å²) in [6, 6.07) is 12.6. The van der Waals surface area contributed by atoms with Gasteiger partial charge in [-0.2, -0.15) is 10.2 Å². The molecule has 9 nitrogen and oxygen atoms in total. The largest absolute Gasteiger partial charge is 0.268 e. The summed E-state index contributed by atoms with van der Waals surface area (Å²) in [7, 11) is 0. The van der Waals surface area contributed by atoms with Gasteiger partial charge in [0.2, 0.25) is 0 Å². The van der Waals surface area contributed by atoms with E-state index in [1.54, 1.807) is 16.9 Å². The predicted octanol–water partition coefficient (Wildman–Crippen LogP) is 3.28. The van der Waals surface area contributed by atoms with E-state index in [-0.39, 0.29) is 0 Å². The highest BCUT2D eigenvalue weighted by molar-refractivity contribution is 5.99. The van der Waals surface area contributed by atoms with E-state index in [0.717, 1.165) is 16.7 Å². The summed E-state index contributed by atoms with van der Waals surface area (Å²) in [5, 5.41) is 25.2. The summed E-state index contributed by atoms with van der Waals surface area (Å²) in [6.45, 7) is 2.86. The highest BCUT2D eigenvalue weighted by Crippen LogP contribution is 2.34. The van der Waals surface area contributed by atoms with Crippen LogP contribution < -0.4 is 0 Å². The fourth-order valence-corrected chi connectivity index (χ4v) is 4.06. The van der Waals surface area contributed by atoms with E-state index in [4.69, 9.17) is 4.98 Å². The van der Waals surface area contributed by atoms with Crippen LogP contribution in [0.15, 0.2) is 67.4 Å². The highest BCUT2D eigenvalue weighted by Gasteiger charge is 2.16. The first-order valence-corrected chi connectivity index (χ1v) is 9.84. The fraction of sp³-hybridized carbons (Fsp3) is 0.0909. The van der Waals surface area contributed by atoms with Crippen LogP contribution in [-0.4, -0.2) is 45.0 Å². The molecule has 0 bridgehead atoms. The van der Waals surface area contributed by atoms with Crippen LogP contribution >= 0.6 is 0 Å². The van der Waals surface area contributed by atoms with Crippen molar-refractivity contribution < 1.29 is 0 Å².